The van der Waals surface area contributed by atoms with Crippen molar-refractivity contribution in [2.24, 2.45) is 0 Å². The SMILES string of the molecule is COc1ccc2nc(N(Cc3cccnc3)C(=O)c3cccc(S(=O)(=O)C(C)C)c3)sc2c1. The van der Waals surface area contributed by atoms with Gasteiger partial charge in [-0.05, 0) is 61.9 Å². The number of pyridine rings is 1. The minimum Gasteiger partial charge on any atom is -0.497 e. The van der Waals surface area contributed by atoms with Gasteiger partial charge < -0.3 is 4.74 Å². The van der Waals surface area contributed by atoms with Gasteiger partial charge in [0, 0.05) is 18.0 Å². The molecule has 2 aromatic carbocycles. The van der Waals surface area contributed by atoms with Gasteiger partial charge in [-0.2, -0.15) is 0 Å². The third kappa shape index (κ3) is 4.74. The summed E-state index contributed by atoms with van der Waals surface area (Å²) in [4.78, 5) is 24.1. The number of rotatable bonds is 7. The lowest BCUT2D eigenvalue weighted by atomic mass is 10.2. The number of thiazole rings is 1. The van der Waals surface area contributed by atoms with Crippen LogP contribution in [0.3, 0.4) is 0 Å². The van der Waals surface area contributed by atoms with Gasteiger partial charge in [-0.25, -0.2) is 13.4 Å². The van der Waals surface area contributed by atoms with E-state index in [1.165, 1.54) is 23.5 Å². The Bertz CT molecular complexity index is 1400. The standard InChI is InChI=1S/C24H23N3O4S2/c1-16(2)33(29,30)20-8-4-7-18(12-20)23(28)27(15-17-6-5-11-25-14-17)24-26-21-10-9-19(31-3)13-22(21)32-24/h4-14,16H,15H2,1-3H3. The number of anilines is 1. The van der Waals surface area contributed by atoms with E-state index in [0.29, 0.717) is 10.9 Å². The highest BCUT2D eigenvalue weighted by Gasteiger charge is 2.25. The number of aromatic nitrogens is 2. The smallest absolute Gasteiger partial charge is 0.260 e. The Kier molecular flexibility index (Phi) is 6.44. The van der Waals surface area contributed by atoms with Crippen LogP contribution in [0.1, 0.15) is 29.8 Å². The molecule has 0 radical (unpaired) electrons. The molecular formula is C24H23N3O4S2. The molecule has 0 unspecified atom stereocenters. The zero-order valence-corrected chi connectivity index (χ0v) is 20.1. The normalized spacial score (nSPS) is 11.6. The number of methoxy groups -OCH3 is 1. The van der Waals surface area contributed by atoms with E-state index < -0.39 is 15.1 Å². The number of hydrogen-bond donors (Lipinski definition) is 0. The highest BCUT2D eigenvalue weighted by Crippen LogP contribution is 2.33. The Balaban J connectivity index is 1.78. The van der Waals surface area contributed by atoms with Crippen LogP contribution in [0.5, 0.6) is 5.75 Å². The molecule has 7 nitrogen and oxygen atoms in total. The fourth-order valence-corrected chi connectivity index (χ4v) is 5.37. The minimum atomic E-state index is -3.52. The number of benzene rings is 2. The highest BCUT2D eigenvalue weighted by molar-refractivity contribution is 7.92. The van der Waals surface area contributed by atoms with Crippen molar-refractivity contribution in [1.82, 2.24) is 9.97 Å². The molecule has 0 N–H and O–H groups in total. The Labute approximate surface area is 196 Å². The maximum Gasteiger partial charge on any atom is 0.260 e. The number of amides is 1. The van der Waals surface area contributed by atoms with Gasteiger partial charge in [-0.15, -0.1) is 0 Å². The van der Waals surface area contributed by atoms with Crippen molar-refractivity contribution >= 4 is 42.4 Å². The first kappa shape index (κ1) is 22.9. The van der Waals surface area contributed by atoms with Crippen molar-refractivity contribution in [2.75, 3.05) is 12.0 Å². The van der Waals surface area contributed by atoms with Crippen LogP contribution in [0.2, 0.25) is 0 Å². The molecule has 0 aliphatic carbocycles. The predicted octanol–water partition coefficient (Wildman–Crippen LogP) is 4.73. The van der Waals surface area contributed by atoms with E-state index in [2.05, 4.69) is 9.97 Å². The zero-order chi connectivity index (χ0) is 23.6. The van der Waals surface area contributed by atoms with Crippen molar-refractivity contribution in [3.05, 3.63) is 78.1 Å². The van der Waals surface area contributed by atoms with Gasteiger partial charge in [-0.1, -0.05) is 23.5 Å². The molecule has 33 heavy (non-hydrogen) atoms. The van der Waals surface area contributed by atoms with Crippen LogP contribution in [-0.4, -0.2) is 36.7 Å². The number of hydrogen-bond acceptors (Lipinski definition) is 7. The molecule has 0 saturated heterocycles. The number of ether oxygens (including phenoxy) is 1. The molecular weight excluding hydrogens is 458 g/mol. The molecule has 0 bridgehead atoms. The van der Waals surface area contributed by atoms with Gasteiger partial charge in [0.2, 0.25) is 0 Å². The van der Waals surface area contributed by atoms with Gasteiger partial charge in [0.1, 0.15) is 5.75 Å². The molecule has 9 heteroatoms. The number of carbonyl (C=O) groups is 1. The first-order chi connectivity index (χ1) is 15.8. The van der Waals surface area contributed by atoms with Gasteiger partial charge in [0.05, 0.1) is 34.0 Å². The van der Waals surface area contributed by atoms with E-state index in [4.69, 9.17) is 4.74 Å². The minimum absolute atomic E-state index is 0.124. The van der Waals surface area contributed by atoms with Gasteiger partial charge >= 0.3 is 0 Å². The van der Waals surface area contributed by atoms with E-state index in [1.807, 2.05) is 24.3 Å². The van der Waals surface area contributed by atoms with Gasteiger partial charge in [-0.3, -0.25) is 14.7 Å². The van der Waals surface area contributed by atoms with Gasteiger partial charge in [0.15, 0.2) is 15.0 Å². The van der Waals surface area contributed by atoms with Crippen molar-refractivity contribution < 1.29 is 17.9 Å². The largest absolute Gasteiger partial charge is 0.497 e. The zero-order valence-electron chi connectivity index (χ0n) is 18.4. The predicted molar refractivity (Wildman–Crippen MR) is 130 cm³/mol. The second kappa shape index (κ2) is 9.29. The van der Waals surface area contributed by atoms with Crippen LogP contribution in [0, 0.1) is 0 Å². The summed E-state index contributed by atoms with van der Waals surface area (Å²) in [7, 11) is -1.92. The summed E-state index contributed by atoms with van der Waals surface area (Å²) in [6.45, 7) is 3.48. The van der Waals surface area contributed by atoms with E-state index >= 15 is 0 Å². The van der Waals surface area contributed by atoms with Crippen LogP contribution in [0.15, 0.2) is 71.9 Å². The monoisotopic (exact) mass is 481 g/mol. The molecule has 0 atom stereocenters. The molecule has 170 valence electrons. The third-order valence-electron chi connectivity index (χ3n) is 5.15. The molecule has 0 saturated carbocycles. The summed E-state index contributed by atoms with van der Waals surface area (Å²) in [6, 6.07) is 15.4. The van der Waals surface area contributed by atoms with Crippen molar-refractivity contribution in [3.63, 3.8) is 0 Å². The first-order valence-electron chi connectivity index (χ1n) is 10.3. The van der Waals surface area contributed by atoms with Crippen LogP contribution < -0.4 is 9.64 Å². The molecule has 0 aliphatic rings. The van der Waals surface area contributed by atoms with Gasteiger partial charge in [0.25, 0.3) is 5.91 Å². The lowest BCUT2D eigenvalue weighted by Crippen LogP contribution is -2.30. The summed E-state index contributed by atoms with van der Waals surface area (Å²) in [5, 5.41) is -0.0854. The summed E-state index contributed by atoms with van der Waals surface area (Å²) in [6.07, 6.45) is 3.36. The van der Waals surface area contributed by atoms with Crippen molar-refractivity contribution in [2.45, 2.75) is 30.5 Å². The lowest BCUT2D eigenvalue weighted by molar-refractivity contribution is 0.0985. The molecule has 1 amide bonds. The maximum absolute atomic E-state index is 13.7. The van der Waals surface area contributed by atoms with Crippen LogP contribution >= 0.6 is 11.3 Å². The Hall–Kier alpha value is -3.30. The fourth-order valence-electron chi connectivity index (χ4n) is 3.27. The van der Waals surface area contributed by atoms with Crippen LogP contribution in [0.25, 0.3) is 10.2 Å². The number of fused-ring (bicyclic) bond motifs is 1. The molecule has 0 spiro atoms. The van der Waals surface area contributed by atoms with Crippen LogP contribution in [-0.2, 0) is 16.4 Å². The Morgan fingerprint density at radius 3 is 2.64 bits per heavy atom. The Morgan fingerprint density at radius 1 is 1.12 bits per heavy atom. The fraction of sp³-hybridized carbons (Fsp3) is 0.208. The second-order valence-corrected chi connectivity index (χ2v) is 11.2. The summed E-state index contributed by atoms with van der Waals surface area (Å²) in [5.74, 6) is 0.361. The quantitative estimate of drug-likeness (QED) is 0.379. The second-order valence-electron chi connectivity index (χ2n) is 7.70. The average Bonchev–Trinajstić information content (AvgIpc) is 3.25. The topological polar surface area (TPSA) is 89.5 Å². The van der Waals surface area contributed by atoms with Crippen molar-refractivity contribution in [3.8, 4) is 5.75 Å². The average molecular weight is 482 g/mol. The maximum atomic E-state index is 13.7. The Morgan fingerprint density at radius 2 is 1.94 bits per heavy atom. The summed E-state index contributed by atoms with van der Waals surface area (Å²) >= 11 is 1.37. The lowest BCUT2D eigenvalue weighted by Gasteiger charge is -2.20. The number of nitrogens with zero attached hydrogens (tertiary/aromatic N) is 3. The summed E-state index contributed by atoms with van der Waals surface area (Å²) < 4.78 is 31.5. The van der Waals surface area contributed by atoms with Crippen molar-refractivity contribution in [1.29, 1.82) is 0 Å². The van der Waals surface area contributed by atoms with E-state index in [-0.39, 0.29) is 22.9 Å². The summed E-state index contributed by atoms with van der Waals surface area (Å²) in [5.41, 5.74) is 1.85. The molecule has 4 rings (SSSR count). The number of carbonyl (C=O) groups excluding carboxylic acids is 1. The third-order valence-corrected chi connectivity index (χ3v) is 8.35. The highest BCUT2D eigenvalue weighted by atomic mass is 32.2. The molecule has 0 aliphatic heterocycles. The number of sulfone groups is 1. The van der Waals surface area contributed by atoms with Crippen LogP contribution in [0.4, 0.5) is 5.13 Å². The molecule has 4 aromatic rings. The molecule has 2 heterocycles. The van der Waals surface area contributed by atoms with E-state index in [1.54, 1.807) is 56.4 Å². The molecule has 2 aromatic heterocycles. The van der Waals surface area contributed by atoms with E-state index in [0.717, 1.165) is 15.8 Å². The molecule has 0 fully saturated rings. The van der Waals surface area contributed by atoms with E-state index in [9.17, 15) is 13.2 Å². The first-order valence-corrected chi connectivity index (χ1v) is 12.6.